The van der Waals surface area contributed by atoms with Gasteiger partial charge in [-0.2, -0.15) is 5.11 Å². The summed E-state index contributed by atoms with van der Waals surface area (Å²) in [7, 11) is 0. The average Bonchev–Trinajstić information content (AvgIpc) is 2.11. The first-order valence-electron chi connectivity index (χ1n) is 3.38. The fraction of sp³-hybridized carbons (Fsp3) is 0.833. The number of azo groups is 1. The monoisotopic (exact) mass is 123 g/mol. The molecule has 3 heteroatoms. The van der Waals surface area contributed by atoms with Crippen LogP contribution in [-0.4, -0.2) is 12.5 Å². The fourth-order valence-electron chi connectivity index (χ4n) is 1.18. The van der Waals surface area contributed by atoms with E-state index in [1.807, 2.05) is 0 Å². The molecule has 0 amide bonds. The molecular formula is C6H9N3. The van der Waals surface area contributed by atoms with Gasteiger partial charge in [-0.3, -0.25) is 0 Å². The minimum atomic E-state index is 0.193. The molecule has 0 spiro atoms. The Bertz CT molecular complexity index is 146. The van der Waals surface area contributed by atoms with Gasteiger partial charge in [0.1, 0.15) is 6.34 Å². The summed E-state index contributed by atoms with van der Waals surface area (Å²) in [4.78, 5) is 4.10. The predicted octanol–water partition coefficient (Wildman–Crippen LogP) is 1.61. The summed E-state index contributed by atoms with van der Waals surface area (Å²) in [6.07, 6.45) is 5.69. The number of rotatable bonds is 1. The lowest BCUT2D eigenvalue weighted by atomic mass is 9.83. The maximum absolute atomic E-state index is 4.10. The van der Waals surface area contributed by atoms with Crippen molar-refractivity contribution in [2.75, 3.05) is 0 Å². The van der Waals surface area contributed by atoms with E-state index >= 15 is 0 Å². The first-order chi connectivity index (χ1) is 4.47. The summed E-state index contributed by atoms with van der Waals surface area (Å²) < 4.78 is 0. The Morgan fingerprint density at radius 2 is 2.22 bits per heavy atom. The van der Waals surface area contributed by atoms with Gasteiger partial charge in [0.15, 0.2) is 6.17 Å². The number of hydrogen-bond acceptors (Lipinski definition) is 3. The molecule has 1 aliphatic heterocycles. The summed E-state index contributed by atoms with van der Waals surface area (Å²) in [5.74, 6) is 0.715. The highest BCUT2D eigenvalue weighted by Crippen LogP contribution is 2.32. The Labute approximate surface area is 53.9 Å². The van der Waals surface area contributed by atoms with Crippen LogP contribution in [0.4, 0.5) is 0 Å². The summed E-state index contributed by atoms with van der Waals surface area (Å²) in [6, 6.07) is 0. The van der Waals surface area contributed by atoms with Crippen molar-refractivity contribution in [2.45, 2.75) is 25.4 Å². The van der Waals surface area contributed by atoms with Crippen LogP contribution in [0.2, 0.25) is 0 Å². The Morgan fingerprint density at radius 3 is 2.67 bits per heavy atom. The van der Waals surface area contributed by atoms with E-state index in [4.69, 9.17) is 0 Å². The SMILES string of the molecule is C1=NC(C2CCC2)N=N1. The zero-order valence-electron chi connectivity index (χ0n) is 5.20. The molecule has 3 nitrogen and oxygen atoms in total. The second-order valence-corrected chi connectivity index (χ2v) is 2.60. The molecule has 2 aliphatic rings. The van der Waals surface area contributed by atoms with Crippen molar-refractivity contribution in [1.82, 2.24) is 0 Å². The molecule has 1 saturated carbocycles. The smallest absolute Gasteiger partial charge is 0.165 e. The zero-order chi connectivity index (χ0) is 6.10. The summed E-state index contributed by atoms with van der Waals surface area (Å²) in [5.41, 5.74) is 0. The second-order valence-electron chi connectivity index (χ2n) is 2.60. The lowest BCUT2D eigenvalue weighted by Crippen LogP contribution is -2.22. The third kappa shape index (κ3) is 0.763. The molecule has 48 valence electrons. The molecule has 1 aliphatic carbocycles. The van der Waals surface area contributed by atoms with Gasteiger partial charge in [-0.05, 0) is 12.8 Å². The molecule has 2 rings (SSSR count). The predicted molar refractivity (Wildman–Crippen MR) is 34.5 cm³/mol. The zero-order valence-corrected chi connectivity index (χ0v) is 5.20. The second kappa shape index (κ2) is 1.90. The topological polar surface area (TPSA) is 37.1 Å². The Kier molecular flexibility index (Phi) is 1.07. The van der Waals surface area contributed by atoms with Crippen molar-refractivity contribution in [3.05, 3.63) is 0 Å². The molecule has 0 aromatic rings. The molecule has 1 heterocycles. The van der Waals surface area contributed by atoms with E-state index in [0.717, 1.165) is 0 Å². The minimum Gasteiger partial charge on any atom is -0.243 e. The van der Waals surface area contributed by atoms with Gasteiger partial charge >= 0.3 is 0 Å². The summed E-state index contributed by atoms with van der Waals surface area (Å²) in [5, 5.41) is 7.66. The maximum Gasteiger partial charge on any atom is 0.165 e. The highest BCUT2D eigenvalue weighted by atomic mass is 15.3. The van der Waals surface area contributed by atoms with E-state index in [2.05, 4.69) is 15.2 Å². The van der Waals surface area contributed by atoms with Crippen molar-refractivity contribution in [1.29, 1.82) is 0 Å². The van der Waals surface area contributed by atoms with Crippen molar-refractivity contribution >= 4 is 6.34 Å². The molecule has 0 aromatic carbocycles. The number of hydrogen-bond donors (Lipinski definition) is 0. The lowest BCUT2D eigenvalue weighted by molar-refractivity contribution is 0.268. The Hall–Kier alpha value is -0.730. The van der Waals surface area contributed by atoms with Gasteiger partial charge in [-0.25, -0.2) is 4.99 Å². The summed E-state index contributed by atoms with van der Waals surface area (Å²) in [6.45, 7) is 0. The van der Waals surface area contributed by atoms with Crippen molar-refractivity contribution in [2.24, 2.45) is 21.1 Å². The van der Waals surface area contributed by atoms with E-state index in [1.54, 1.807) is 6.34 Å². The highest BCUT2D eigenvalue weighted by Gasteiger charge is 2.27. The number of aliphatic imine (C=N–C) groups is 1. The van der Waals surface area contributed by atoms with E-state index < -0.39 is 0 Å². The first kappa shape index (κ1) is 5.09. The Balaban J connectivity index is 1.97. The van der Waals surface area contributed by atoms with E-state index in [9.17, 15) is 0 Å². The van der Waals surface area contributed by atoms with E-state index in [-0.39, 0.29) is 6.17 Å². The quantitative estimate of drug-likeness (QED) is 0.508. The third-order valence-electron chi connectivity index (χ3n) is 2.03. The normalized spacial score (nSPS) is 33.1. The van der Waals surface area contributed by atoms with Gasteiger partial charge in [0.2, 0.25) is 0 Å². The minimum absolute atomic E-state index is 0.193. The van der Waals surface area contributed by atoms with Gasteiger partial charge < -0.3 is 0 Å². The van der Waals surface area contributed by atoms with Crippen LogP contribution in [0.25, 0.3) is 0 Å². The van der Waals surface area contributed by atoms with Crippen molar-refractivity contribution in [3.8, 4) is 0 Å². The third-order valence-corrected chi connectivity index (χ3v) is 2.03. The molecule has 0 N–H and O–H groups in total. The average molecular weight is 123 g/mol. The number of nitrogens with zero attached hydrogens (tertiary/aromatic N) is 3. The molecule has 0 saturated heterocycles. The van der Waals surface area contributed by atoms with Crippen LogP contribution in [0, 0.1) is 5.92 Å². The van der Waals surface area contributed by atoms with Crippen molar-refractivity contribution in [3.63, 3.8) is 0 Å². The molecule has 0 radical (unpaired) electrons. The van der Waals surface area contributed by atoms with E-state index in [0.29, 0.717) is 5.92 Å². The standard InChI is InChI=1S/C6H9N3/c1-2-5(3-1)6-7-4-8-9-6/h4-6H,1-3H2. The van der Waals surface area contributed by atoms with Gasteiger partial charge in [0.05, 0.1) is 0 Å². The maximum atomic E-state index is 4.10. The molecule has 1 fully saturated rings. The molecule has 0 bridgehead atoms. The van der Waals surface area contributed by atoms with Crippen LogP contribution in [0.15, 0.2) is 15.2 Å². The molecule has 9 heavy (non-hydrogen) atoms. The van der Waals surface area contributed by atoms with Gasteiger partial charge in [-0.15, -0.1) is 5.11 Å². The van der Waals surface area contributed by atoms with Crippen LogP contribution < -0.4 is 0 Å². The van der Waals surface area contributed by atoms with Crippen LogP contribution >= 0.6 is 0 Å². The first-order valence-corrected chi connectivity index (χ1v) is 3.38. The highest BCUT2D eigenvalue weighted by molar-refractivity contribution is 5.56. The summed E-state index contributed by atoms with van der Waals surface area (Å²) >= 11 is 0. The molecule has 1 unspecified atom stereocenters. The Morgan fingerprint density at radius 1 is 1.33 bits per heavy atom. The van der Waals surface area contributed by atoms with Gasteiger partial charge in [-0.1, -0.05) is 6.42 Å². The largest absolute Gasteiger partial charge is 0.243 e. The lowest BCUT2D eigenvalue weighted by Gasteiger charge is -2.26. The van der Waals surface area contributed by atoms with Crippen LogP contribution in [0.1, 0.15) is 19.3 Å². The van der Waals surface area contributed by atoms with Crippen LogP contribution in [0.3, 0.4) is 0 Å². The van der Waals surface area contributed by atoms with Gasteiger partial charge in [0, 0.05) is 5.92 Å². The van der Waals surface area contributed by atoms with Crippen LogP contribution in [0.5, 0.6) is 0 Å². The molecular weight excluding hydrogens is 114 g/mol. The van der Waals surface area contributed by atoms with Crippen molar-refractivity contribution < 1.29 is 0 Å². The van der Waals surface area contributed by atoms with Gasteiger partial charge in [0.25, 0.3) is 0 Å². The molecule has 0 aromatic heterocycles. The fourth-order valence-corrected chi connectivity index (χ4v) is 1.18. The van der Waals surface area contributed by atoms with E-state index in [1.165, 1.54) is 19.3 Å². The van der Waals surface area contributed by atoms with Crippen LogP contribution in [-0.2, 0) is 0 Å². The molecule has 1 atom stereocenters.